The van der Waals surface area contributed by atoms with Crippen LogP contribution in [0.2, 0.25) is 0 Å². The summed E-state index contributed by atoms with van der Waals surface area (Å²) in [5.41, 5.74) is 0.851. The molecule has 0 bridgehead atoms. The van der Waals surface area contributed by atoms with Crippen molar-refractivity contribution in [1.82, 2.24) is 14.4 Å². The number of imidazole rings is 1. The average Bonchev–Trinajstić information content (AvgIpc) is 3.13. The fraction of sp³-hybridized carbons (Fsp3) is 0.333. The van der Waals surface area contributed by atoms with Crippen molar-refractivity contribution in [3.05, 3.63) is 40.5 Å². The average molecular weight is 301 g/mol. The number of aromatic nitrogens is 3. The van der Waals surface area contributed by atoms with Crippen molar-refractivity contribution >= 4 is 28.6 Å². The molecule has 6 heteroatoms. The molecule has 0 aliphatic rings. The molecule has 3 heterocycles. The van der Waals surface area contributed by atoms with Crippen LogP contribution < -0.4 is 10.6 Å². The predicted octanol–water partition coefficient (Wildman–Crippen LogP) is 3.40. The minimum absolute atomic E-state index is 0.774. The SMILES string of the molecule is CCNc1cn2ccnc2c(NCc2ccc(CC)s2)n1. The van der Waals surface area contributed by atoms with E-state index in [-0.39, 0.29) is 0 Å². The summed E-state index contributed by atoms with van der Waals surface area (Å²) >= 11 is 1.84. The van der Waals surface area contributed by atoms with E-state index in [2.05, 4.69) is 46.6 Å². The summed E-state index contributed by atoms with van der Waals surface area (Å²) in [5, 5.41) is 6.65. The van der Waals surface area contributed by atoms with Crippen LogP contribution in [0.25, 0.3) is 5.65 Å². The largest absolute Gasteiger partial charge is 0.369 e. The maximum absolute atomic E-state index is 4.60. The van der Waals surface area contributed by atoms with Crippen molar-refractivity contribution in [3.63, 3.8) is 0 Å². The lowest BCUT2D eigenvalue weighted by atomic mass is 10.3. The maximum Gasteiger partial charge on any atom is 0.180 e. The highest BCUT2D eigenvalue weighted by Gasteiger charge is 2.07. The van der Waals surface area contributed by atoms with E-state index in [4.69, 9.17) is 0 Å². The van der Waals surface area contributed by atoms with Crippen LogP contribution in [-0.2, 0) is 13.0 Å². The number of rotatable bonds is 6. The highest BCUT2D eigenvalue weighted by Crippen LogP contribution is 2.20. The molecule has 0 aromatic carbocycles. The predicted molar refractivity (Wildman–Crippen MR) is 88.2 cm³/mol. The van der Waals surface area contributed by atoms with Gasteiger partial charge in [-0.3, -0.25) is 0 Å². The molecule has 0 aliphatic carbocycles. The monoisotopic (exact) mass is 301 g/mol. The summed E-state index contributed by atoms with van der Waals surface area (Å²) in [7, 11) is 0. The van der Waals surface area contributed by atoms with Crippen LogP contribution in [-0.4, -0.2) is 20.9 Å². The second kappa shape index (κ2) is 6.13. The molecule has 2 N–H and O–H groups in total. The van der Waals surface area contributed by atoms with Crippen molar-refractivity contribution in [3.8, 4) is 0 Å². The number of anilines is 2. The molecule has 3 rings (SSSR count). The van der Waals surface area contributed by atoms with Crippen molar-refractivity contribution in [2.45, 2.75) is 26.8 Å². The fourth-order valence-electron chi connectivity index (χ4n) is 2.19. The van der Waals surface area contributed by atoms with E-state index in [1.807, 2.05) is 28.1 Å². The van der Waals surface area contributed by atoms with Crippen LogP contribution in [0.1, 0.15) is 23.6 Å². The first kappa shape index (κ1) is 13.9. The maximum atomic E-state index is 4.60. The summed E-state index contributed by atoms with van der Waals surface area (Å²) in [4.78, 5) is 11.7. The van der Waals surface area contributed by atoms with Gasteiger partial charge in [-0.15, -0.1) is 11.3 Å². The van der Waals surface area contributed by atoms with Gasteiger partial charge in [-0.1, -0.05) is 6.92 Å². The van der Waals surface area contributed by atoms with Crippen LogP contribution in [0.4, 0.5) is 11.6 Å². The molecule has 0 fully saturated rings. The van der Waals surface area contributed by atoms with Gasteiger partial charge in [0.15, 0.2) is 11.5 Å². The quantitative estimate of drug-likeness (QED) is 0.732. The Morgan fingerprint density at radius 3 is 2.81 bits per heavy atom. The van der Waals surface area contributed by atoms with Crippen LogP contribution >= 0.6 is 11.3 Å². The Kier molecular flexibility index (Phi) is 4.06. The number of nitrogens with zero attached hydrogens (tertiary/aromatic N) is 3. The van der Waals surface area contributed by atoms with E-state index in [0.717, 1.165) is 36.8 Å². The fourth-order valence-corrected chi connectivity index (χ4v) is 3.09. The lowest BCUT2D eigenvalue weighted by Crippen LogP contribution is -2.07. The lowest BCUT2D eigenvalue weighted by molar-refractivity contribution is 1.06. The molecule has 0 atom stereocenters. The lowest BCUT2D eigenvalue weighted by Gasteiger charge is -2.09. The molecule has 0 saturated heterocycles. The molecule has 3 aromatic heterocycles. The molecule has 0 spiro atoms. The molecule has 110 valence electrons. The Labute approximate surface area is 128 Å². The number of fused-ring (bicyclic) bond motifs is 1. The Bertz CT molecular complexity index is 731. The molecule has 21 heavy (non-hydrogen) atoms. The minimum Gasteiger partial charge on any atom is -0.369 e. The van der Waals surface area contributed by atoms with Gasteiger partial charge in [0.2, 0.25) is 0 Å². The van der Waals surface area contributed by atoms with E-state index in [9.17, 15) is 0 Å². The first-order valence-electron chi connectivity index (χ1n) is 7.19. The van der Waals surface area contributed by atoms with Gasteiger partial charge in [0.05, 0.1) is 12.7 Å². The normalized spacial score (nSPS) is 11.0. The van der Waals surface area contributed by atoms with Gasteiger partial charge in [0.1, 0.15) is 5.82 Å². The third-order valence-corrected chi connectivity index (χ3v) is 4.46. The third-order valence-electron chi connectivity index (χ3n) is 3.23. The number of thiophene rings is 1. The Hall–Kier alpha value is -2.08. The Morgan fingerprint density at radius 1 is 1.19 bits per heavy atom. The van der Waals surface area contributed by atoms with E-state index in [0.29, 0.717) is 0 Å². The van der Waals surface area contributed by atoms with Crippen LogP contribution in [0.3, 0.4) is 0 Å². The summed E-state index contributed by atoms with van der Waals surface area (Å²) in [5.74, 6) is 1.66. The number of hydrogen-bond donors (Lipinski definition) is 2. The summed E-state index contributed by atoms with van der Waals surface area (Å²) in [6.07, 6.45) is 6.77. The number of nitrogens with one attached hydrogen (secondary N) is 2. The van der Waals surface area contributed by atoms with E-state index >= 15 is 0 Å². The third kappa shape index (κ3) is 3.00. The van der Waals surface area contributed by atoms with Crippen molar-refractivity contribution in [2.24, 2.45) is 0 Å². The molecule has 0 aliphatic heterocycles. The molecular formula is C15H19N5S. The standard InChI is InChI=1S/C15H19N5S/c1-3-11-5-6-12(21-11)9-18-14-15-17-7-8-20(15)10-13(19-14)16-4-2/h5-8,10,16H,3-4,9H2,1-2H3,(H,18,19). The minimum atomic E-state index is 0.774. The second-order valence-electron chi connectivity index (χ2n) is 4.74. The number of hydrogen-bond acceptors (Lipinski definition) is 5. The molecule has 0 unspecified atom stereocenters. The van der Waals surface area contributed by atoms with Crippen molar-refractivity contribution in [2.75, 3.05) is 17.2 Å². The second-order valence-corrected chi connectivity index (χ2v) is 5.99. The van der Waals surface area contributed by atoms with Gasteiger partial charge < -0.3 is 15.0 Å². The number of aryl methyl sites for hydroxylation is 1. The topological polar surface area (TPSA) is 54.2 Å². The van der Waals surface area contributed by atoms with Gasteiger partial charge in [-0.25, -0.2) is 9.97 Å². The first-order valence-corrected chi connectivity index (χ1v) is 8.00. The zero-order chi connectivity index (χ0) is 14.7. The highest BCUT2D eigenvalue weighted by molar-refractivity contribution is 7.12. The summed E-state index contributed by atoms with van der Waals surface area (Å²) < 4.78 is 1.99. The zero-order valence-corrected chi connectivity index (χ0v) is 13.1. The van der Waals surface area contributed by atoms with Crippen LogP contribution in [0.15, 0.2) is 30.7 Å². The van der Waals surface area contributed by atoms with Gasteiger partial charge in [-0.2, -0.15) is 0 Å². The molecular weight excluding hydrogens is 282 g/mol. The Morgan fingerprint density at radius 2 is 2.05 bits per heavy atom. The van der Waals surface area contributed by atoms with E-state index < -0.39 is 0 Å². The molecule has 0 amide bonds. The van der Waals surface area contributed by atoms with Gasteiger partial charge in [0.25, 0.3) is 0 Å². The highest BCUT2D eigenvalue weighted by atomic mass is 32.1. The van der Waals surface area contributed by atoms with Crippen molar-refractivity contribution < 1.29 is 0 Å². The van der Waals surface area contributed by atoms with Crippen LogP contribution in [0.5, 0.6) is 0 Å². The van der Waals surface area contributed by atoms with E-state index in [1.165, 1.54) is 9.75 Å². The molecule has 0 saturated carbocycles. The molecule has 5 nitrogen and oxygen atoms in total. The molecule has 3 aromatic rings. The van der Waals surface area contributed by atoms with Gasteiger partial charge >= 0.3 is 0 Å². The van der Waals surface area contributed by atoms with Crippen molar-refractivity contribution in [1.29, 1.82) is 0 Å². The summed E-state index contributed by atoms with van der Waals surface area (Å²) in [6, 6.07) is 4.36. The van der Waals surface area contributed by atoms with Gasteiger partial charge in [0, 0.05) is 28.7 Å². The van der Waals surface area contributed by atoms with Gasteiger partial charge in [-0.05, 0) is 25.5 Å². The Balaban J connectivity index is 1.83. The smallest absolute Gasteiger partial charge is 0.180 e. The first-order chi connectivity index (χ1) is 10.3. The van der Waals surface area contributed by atoms with Crippen LogP contribution in [0, 0.1) is 0 Å². The zero-order valence-electron chi connectivity index (χ0n) is 12.3. The molecule has 0 radical (unpaired) electrons. The summed E-state index contributed by atoms with van der Waals surface area (Å²) in [6.45, 7) is 5.86. The van der Waals surface area contributed by atoms with E-state index in [1.54, 1.807) is 6.20 Å².